The second-order valence-electron chi connectivity index (χ2n) is 6.40. The predicted molar refractivity (Wildman–Crippen MR) is 91.9 cm³/mol. The molecular weight excluding hydrogens is 304 g/mol. The predicted octanol–water partition coefficient (Wildman–Crippen LogP) is 2.35. The fourth-order valence-corrected chi connectivity index (χ4v) is 3.68. The van der Waals surface area contributed by atoms with Gasteiger partial charge in [-0.25, -0.2) is 4.79 Å². The SMILES string of the molecule is O=c1oc2ccccc2n1CCCN1CCC[C@H]1Cn1cccn1. The lowest BCUT2D eigenvalue weighted by atomic mass is 10.2. The number of rotatable bonds is 6. The third-order valence-corrected chi connectivity index (χ3v) is 4.86. The fourth-order valence-electron chi connectivity index (χ4n) is 3.68. The second-order valence-corrected chi connectivity index (χ2v) is 6.40. The standard InChI is InChI=1S/C18H22N4O2/c23-18-22(16-7-1-2-8-17(16)24-18)13-5-11-20-10-3-6-15(20)14-21-12-4-9-19-21/h1-2,4,7-9,12,15H,3,5-6,10-11,13-14H2/t15-/m0/s1. The van der Waals surface area contributed by atoms with Gasteiger partial charge in [0.05, 0.1) is 12.1 Å². The molecule has 1 saturated heterocycles. The molecule has 126 valence electrons. The van der Waals surface area contributed by atoms with Crippen LogP contribution in [-0.2, 0) is 13.1 Å². The van der Waals surface area contributed by atoms with Crippen LogP contribution in [0.5, 0.6) is 0 Å². The molecule has 0 bridgehead atoms. The molecule has 4 rings (SSSR count). The van der Waals surface area contributed by atoms with Crippen molar-refractivity contribution in [2.75, 3.05) is 13.1 Å². The Balaban J connectivity index is 1.38. The number of fused-ring (bicyclic) bond motifs is 1. The lowest BCUT2D eigenvalue weighted by Crippen LogP contribution is -2.34. The smallest absolute Gasteiger partial charge is 0.408 e. The van der Waals surface area contributed by atoms with Gasteiger partial charge in [-0.05, 0) is 44.0 Å². The van der Waals surface area contributed by atoms with E-state index in [9.17, 15) is 4.79 Å². The Morgan fingerprint density at radius 3 is 3.00 bits per heavy atom. The van der Waals surface area contributed by atoms with Gasteiger partial charge in [0.2, 0.25) is 0 Å². The number of aryl methyl sites for hydroxylation is 1. The molecule has 1 fully saturated rings. The maximum Gasteiger partial charge on any atom is 0.419 e. The van der Waals surface area contributed by atoms with Crippen LogP contribution in [0.2, 0.25) is 0 Å². The van der Waals surface area contributed by atoms with Crippen LogP contribution in [0.3, 0.4) is 0 Å². The van der Waals surface area contributed by atoms with Crippen LogP contribution in [-0.4, -0.2) is 38.4 Å². The summed E-state index contributed by atoms with van der Waals surface area (Å²) >= 11 is 0. The van der Waals surface area contributed by atoms with Gasteiger partial charge in [0.15, 0.2) is 5.58 Å². The zero-order chi connectivity index (χ0) is 16.4. The van der Waals surface area contributed by atoms with Crippen LogP contribution in [0.1, 0.15) is 19.3 Å². The molecule has 0 spiro atoms. The fraction of sp³-hybridized carbons (Fsp3) is 0.444. The van der Waals surface area contributed by atoms with E-state index in [0.29, 0.717) is 18.2 Å². The first-order chi connectivity index (χ1) is 11.8. The van der Waals surface area contributed by atoms with Gasteiger partial charge in [-0.15, -0.1) is 0 Å². The number of hydrogen-bond acceptors (Lipinski definition) is 4. The Morgan fingerprint density at radius 1 is 1.21 bits per heavy atom. The molecule has 3 aromatic rings. The molecule has 2 aromatic heterocycles. The lowest BCUT2D eigenvalue weighted by molar-refractivity contribution is 0.221. The maximum absolute atomic E-state index is 12.0. The molecule has 1 aliphatic heterocycles. The average molecular weight is 326 g/mol. The van der Waals surface area contributed by atoms with Crippen LogP contribution in [0.25, 0.3) is 11.1 Å². The van der Waals surface area contributed by atoms with Crippen LogP contribution in [0.4, 0.5) is 0 Å². The summed E-state index contributed by atoms with van der Waals surface area (Å²) in [7, 11) is 0. The van der Waals surface area contributed by atoms with Gasteiger partial charge < -0.3 is 4.42 Å². The van der Waals surface area contributed by atoms with Crippen LogP contribution in [0, 0.1) is 0 Å². The van der Waals surface area contributed by atoms with Crippen LogP contribution >= 0.6 is 0 Å². The van der Waals surface area contributed by atoms with E-state index >= 15 is 0 Å². The Bertz CT molecular complexity index is 849. The molecule has 6 nitrogen and oxygen atoms in total. The molecular formula is C18H22N4O2. The highest BCUT2D eigenvalue weighted by atomic mass is 16.4. The molecule has 24 heavy (non-hydrogen) atoms. The Labute approximate surface area is 140 Å². The molecule has 0 aliphatic carbocycles. The number of nitrogens with zero attached hydrogens (tertiary/aromatic N) is 4. The van der Waals surface area contributed by atoms with Gasteiger partial charge in [0.1, 0.15) is 0 Å². The minimum absolute atomic E-state index is 0.259. The van der Waals surface area contributed by atoms with E-state index in [4.69, 9.17) is 4.42 Å². The number of likely N-dealkylation sites (tertiary alicyclic amines) is 1. The quantitative estimate of drug-likeness (QED) is 0.698. The van der Waals surface area contributed by atoms with E-state index in [0.717, 1.165) is 31.6 Å². The molecule has 0 radical (unpaired) electrons. The Kier molecular flexibility index (Phi) is 4.21. The number of aromatic nitrogens is 3. The molecule has 0 amide bonds. The van der Waals surface area contributed by atoms with E-state index in [1.165, 1.54) is 12.8 Å². The van der Waals surface area contributed by atoms with E-state index in [1.54, 1.807) is 4.57 Å². The largest absolute Gasteiger partial charge is 0.419 e. The van der Waals surface area contributed by atoms with Gasteiger partial charge in [0.25, 0.3) is 0 Å². The van der Waals surface area contributed by atoms with E-state index in [-0.39, 0.29) is 5.76 Å². The summed E-state index contributed by atoms with van der Waals surface area (Å²) < 4.78 is 9.05. The molecule has 0 saturated carbocycles. The molecule has 6 heteroatoms. The number of para-hydroxylation sites is 2. The topological polar surface area (TPSA) is 56.2 Å². The molecule has 1 aromatic carbocycles. The van der Waals surface area contributed by atoms with Crippen molar-refractivity contribution in [2.24, 2.45) is 0 Å². The average Bonchev–Trinajstić information content (AvgIpc) is 3.30. The van der Waals surface area contributed by atoms with E-state index in [1.807, 2.05) is 47.4 Å². The van der Waals surface area contributed by atoms with Crippen molar-refractivity contribution in [1.29, 1.82) is 0 Å². The van der Waals surface area contributed by atoms with Gasteiger partial charge >= 0.3 is 5.76 Å². The van der Waals surface area contributed by atoms with Crippen molar-refractivity contribution >= 4 is 11.1 Å². The minimum Gasteiger partial charge on any atom is -0.408 e. The van der Waals surface area contributed by atoms with Crippen molar-refractivity contribution < 1.29 is 4.42 Å². The van der Waals surface area contributed by atoms with Crippen molar-refractivity contribution in [3.05, 3.63) is 53.3 Å². The summed E-state index contributed by atoms with van der Waals surface area (Å²) in [5, 5.41) is 4.31. The summed E-state index contributed by atoms with van der Waals surface area (Å²) in [5.41, 5.74) is 1.55. The maximum atomic E-state index is 12.0. The summed E-state index contributed by atoms with van der Waals surface area (Å²) in [6.07, 6.45) is 7.25. The van der Waals surface area contributed by atoms with Crippen LogP contribution in [0.15, 0.2) is 51.9 Å². The number of oxazole rings is 1. The highest BCUT2D eigenvalue weighted by Crippen LogP contribution is 2.19. The van der Waals surface area contributed by atoms with Crippen molar-refractivity contribution in [3.8, 4) is 0 Å². The van der Waals surface area contributed by atoms with Gasteiger partial charge in [-0.1, -0.05) is 12.1 Å². The first kappa shape index (κ1) is 15.2. The van der Waals surface area contributed by atoms with E-state index in [2.05, 4.69) is 10.00 Å². The zero-order valence-corrected chi connectivity index (χ0v) is 13.7. The van der Waals surface area contributed by atoms with Gasteiger partial charge in [-0.2, -0.15) is 5.10 Å². The molecule has 1 atom stereocenters. The molecule has 0 unspecified atom stereocenters. The first-order valence-corrected chi connectivity index (χ1v) is 8.61. The Hall–Kier alpha value is -2.34. The summed E-state index contributed by atoms with van der Waals surface area (Å²) in [4.78, 5) is 14.5. The van der Waals surface area contributed by atoms with Crippen molar-refractivity contribution in [1.82, 2.24) is 19.2 Å². The van der Waals surface area contributed by atoms with Crippen molar-refractivity contribution in [3.63, 3.8) is 0 Å². The summed E-state index contributed by atoms with van der Waals surface area (Å²) in [6.45, 7) is 3.77. The lowest BCUT2D eigenvalue weighted by Gasteiger charge is -2.24. The number of benzene rings is 1. The summed E-state index contributed by atoms with van der Waals surface area (Å²) in [6, 6.07) is 10.1. The monoisotopic (exact) mass is 326 g/mol. The summed E-state index contributed by atoms with van der Waals surface area (Å²) in [5.74, 6) is -0.259. The third kappa shape index (κ3) is 3.01. The van der Waals surface area contributed by atoms with Gasteiger partial charge in [-0.3, -0.25) is 14.1 Å². The molecule has 0 N–H and O–H groups in total. The number of hydrogen-bond donors (Lipinski definition) is 0. The normalized spacial score (nSPS) is 18.6. The molecule has 1 aliphatic rings. The second kappa shape index (κ2) is 6.65. The van der Waals surface area contributed by atoms with E-state index < -0.39 is 0 Å². The highest BCUT2D eigenvalue weighted by molar-refractivity contribution is 5.72. The highest BCUT2D eigenvalue weighted by Gasteiger charge is 2.24. The van der Waals surface area contributed by atoms with Gasteiger partial charge in [0, 0.05) is 31.5 Å². The van der Waals surface area contributed by atoms with Crippen molar-refractivity contribution in [2.45, 2.75) is 38.4 Å². The first-order valence-electron chi connectivity index (χ1n) is 8.61. The Morgan fingerprint density at radius 2 is 2.12 bits per heavy atom. The van der Waals surface area contributed by atoms with Crippen LogP contribution < -0.4 is 5.76 Å². The zero-order valence-electron chi connectivity index (χ0n) is 13.7. The third-order valence-electron chi connectivity index (χ3n) is 4.86. The minimum atomic E-state index is -0.259. The molecule has 3 heterocycles.